The molecule has 7 rings (SSSR count). The van der Waals surface area contributed by atoms with Crippen molar-refractivity contribution < 1.29 is 105 Å². The third-order valence-electron chi connectivity index (χ3n) is 8.56. The fourth-order valence-corrected chi connectivity index (χ4v) is 7.13. The van der Waals surface area contributed by atoms with Gasteiger partial charge in [-0.3, -0.25) is 18.7 Å². The number of rotatable bonds is 10. The minimum atomic E-state index is -4.93. The van der Waals surface area contributed by atoms with Crippen LogP contribution in [-0.4, -0.2) is 37.8 Å². The van der Waals surface area contributed by atoms with Crippen LogP contribution in [0, 0.1) is 0 Å². The van der Waals surface area contributed by atoms with Gasteiger partial charge in [-0.05, 0) is 100 Å². The first-order chi connectivity index (χ1) is 27.7. The van der Waals surface area contributed by atoms with E-state index in [1.807, 2.05) is 0 Å². The van der Waals surface area contributed by atoms with E-state index in [2.05, 4.69) is 31.1 Å². The molecule has 0 heterocycles. The van der Waals surface area contributed by atoms with Crippen molar-refractivity contribution in [3.8, 4) is 11.5 Å². The van der Waals surface area contributed by atoms with Crippen LogP contribution in [0.3, 0.4) is 0 Å². The van der Waals surface area contributed by atoms with E-state index in [0.29, 0.717) is 11.4 Å². The van der Waals surface area contributed by atoms with Crippen LogP contribution in [0.25, 0.3) is 21.5 Å². The van der Waals surface area contributed by atoms with Crippen LogP contribution in [0.4, 0.5) is 34.1 Å². The first kappa shape index (κ1) is 45.7. The summed E-state index contributed by atoms with van der Waals surface area (Å²) in [6, 6.07) is 32.3. The van der Waals surface area contributed by atoms with Gasteiger partial charge in [0.2, 0.25) is 0 Å². The molecule has 0 aliphatic rings. The quantitative estimate of drug-likeness (QED) is 0.0883. The van der Waals surface area contributed by atoms with Crippen molar-refractivity contribution in [2.45, 2.75) is 9.79 Å². The van der Waals surface area contributed by atoms with E-state index in [1.165, 1.54) is 60.7 Å². The Hall–Kier alpha value is -5.38. The van der Waals surface area contributed by atoms with E-state index < -0.39 is 64.7 Å². The largest absolute Gasteiger partial charge is 1.00 e. The topological polar surface area (TPSA) is 262 Å². The van der Waals surface area contributed by atoms with Gasteiger partial charge in [-0.15, -0.1) is 10.2 Å². The molecule has 2 amide bonds. The van der Waals surface area contributed by atoms with Crippen molar-refractivity contribution >= 4 is 87.7 Å². The van der Waals surface area contributed by atoms with Crippen LogP contribution in [0.15, 0.2) is 164 Å². The predicted molar refractivity (Wildman–Crippen MR) is 210 cm³/mol. The Kier molecular flexibility index (Phi) is 14.4. The molecule has 4 N–H and O–H groups in total. The summed E-state index contributed by atoms with van der Waals surface area (Å²) < 4.78 is 68.9. The van der Waals surface area contributed by atoms with E-state index in [9.17, 15) is 45.7 Å². The van der Waals surface area contributed by atoms with Crippen molar-refractivity contribution in [2.24, 2.45) is 20.5 Å². The van der Waals surface area contributed by atoms with Crippen LogP contribution < -0.4 is 80.0 Å². The maximum atomic E-state index is 13.3. The summed E-state index contributed by atoms with van der Waals surface area (Å²) >= 11 is 0. The second kappa shape index (κ2) is 18.9. The Morgan fingerprint density at radius 2 is 0.867 bits per heavy atom. The van der Waals surface area contributed by atoms with Gasteiger partial charge in [-0.25, -0.2) is 0 Å². The molecule has 0 aromatic heterocycles. The number of hydrogen-bond donors (Lipinski definition) is 4. The smallest absolute Gasteiger partial charge is 0.871 e. The molecule has 20 heteroatoms. The zero-order chi connectivity index (χ0) is 41.2. The molecule has 290 valence electrons. The number of benzene rings is 7. The van der Waals surface area contributed by atoms with E-state index in [1.54, 1.807) is 60.7 Å². The third-order valence-corrected chi connectivity index (χ3v) is 10.3. The Balaban J connectivity index is 0.00000341. The van der Waals surface area contributed by atoms with Crippen LogP contribution >= 0.6 is 0 Å². The van der Waals surface area contributed by atoms with Gasteiger partial charge in [0.1, 0.15) is 9.79 Å². The number of anilines is 2. The first-order valence-corrected chi connectivity index (χ1v) is 19.7. The maximum absolute atomic E-state index is 13.3. The van der Waals surface area contributed by atoms with Crippen molar-refractivity contribution in [2.75, 3.05) is 10.6 Å². The van der Waals surface area contributed by atoms with Gasteiger partial charge in [0, 0.05) is 22.5 Å². The number of nitrogens with one attached hydrogen (secondary N) is 2. The summed E-state index contributed by atoms with van der Waals surface area (Å²) in [6.07, 6.45) is 0. The van der Waals surface area contributed by atoms with Gasteiger partial charge in [0.15, 0.2) is 0 Å². The summed E-state index contributed by atoms with van der Waals surface area (Å²) in [5, 5.41) is 47.6. The molecular formula is C40H26N6Na2O10S2. The summed E-state index contributed by atoms with van der Waals surface area (Å²) in [5.74, 6) is -3.00. The zero-order valence-electron chi connectivity index (χ0n) is 31.5. The molecule has 16 nitrogen and oxygen atoms in total. The second-order valence-electron chi connectivity index (χ2n) is 12.5. The third kappa shape index (κ3) is 10.3. The normalized spacial score (nSPS) is 11.6. The second-order valence-corrected chi connectivity index (χ2v) is 15.3. The molecule has 0 unspecified atom stereocenters. The molecule has 0 saturated carbocycles. The molecule has 60 heavy (non-hydrogen) atoms. The number of nitrogens with zero attached hydrogens (tertiary/aromatic N) is 4. The fourth-order valence-electron chi connectivity index (χ4n) is 5.83. The molecule has 0 aliphatic heterocycles. The van der Waals surface area contributed by atoms with E-state index in [0.717, 1.165) is 12.1 Å². The fraction of sp³-hybridized carbons (Fsp3) is 0. The van der Waals surface area contributed by atoms with Crippen molar-refractivity contribution in [3.63, 3.8) is 0 Å². The minimum Gasteiger partial charge on any atom is -0.871 e. The summed E-state index contributed by atoms with van der Waals surface area (Å²) in [5.41, 5.74) is -0.138. The molecule has 0 saturated heterocycles. The Morgan fingerprint density at radius 1 is 0.483 bits per heavy atom. The number of carbonyl (C=O) groups excluding carboxylic acids is 2. The average Bonchev–Trinajstić information content (AvgIpc) is 3.20. The molecule has 7 aromatic rings. The van der Waals surface area contributed by atoms with Crippen LogP contribution in [0.2, 0.25) is 0 Å². The summed E-state index contributed by atoms with van der Waals surface area (Å²) in [6.45, 7) is 0. The van der Waals surface area contributed by atoms with Gasteiger partial charge in [-0.2, -0.15) is 27.1 Å². The van der Waals surface area contributed by atoms with Gasteiger partial charge in [0.25, 0.3) is 32.1 Å². The van der Waals surface area contributed by atoms with E-state index >= 15 is 0 Å². The summed E-state index contributed by atoms with van der Waals surface area (Å²) in [4.78, 5) is 25.1. The SMILES string of the molecule is O=C(Nc1ccc2c([O-])c(N=Nc3ccccc3)c(S(=O)(=O)O)cc2c1)c1cccc(C(=O)Nc2ccc3c([O-])c(N=Nc4ccccc4)c(S(=O)(=O)O)cc3c2)c1.[Na+].[Na+]. The molecule has 0 fully saturated rings. The molecule has 0 radical (unpaired) electrons. The number of carbonyl (C=O) groups is 2. The van der Waals surface area contributed by atoms with Crippen molar-refractivity contribution in [3.05, 3.63) is 145 Å². The van der Waals surface area contributed by atoms with Crippen LogP contribution in [0.5, 0.6) is 11.5 Å². The van der Waals surface area contributed by atoms with E-state index in [-0.39, 0.29) is 103 Å². The molecule has 0 aliphatic carbocycles. The van der Waals surface area contributed by atoms with Gasteiger partial charge in [0.05, 0.1) is 22.7 Å². The molecule has 0 atom stereocenters. The molecule has 0 bridgehead atoms. The van der Waals surface area contributed by atoms with Crippen LogP contribution in [0.1, 0.15) is 20.7 Å². The first-order valence-electron chi connectivity index (χ1n) is 16.8. The standard InChI is InChI=1S/C40H28N6O10S2.2Na/c47-37-31-16-14-29(19-25(31)21-33(57(51,52)53)35(37)45-43-27-10-3-1-4-11-27)41-39(49)23-8-7-9-24(18-23)40(50)42-30-15-17-32-26(20-30)22-34(58(54,55)56)36(38(32)48)46-44-28-12-5-2-6-13-28;;/h1-22,47-48H,(H,41,49)(H,42,50)(H,51,52,53)(H,54,55,56);;/q;2*+1/p-2. The molecule has 7 aromatic carbocycles. The van der Waals surface area contributed by atoms with Gasteiger partial charge in [-0.1, -0.05) is 66.1 Å². The number of azo groups is 2. The number of hydrogen-bond acceptors (Lipinski definition) is 12. The van der Waals surface area contributed by atoms with Crippen molar-refractivity contribution in [1.82, 2.24) is 0 Å². The zero-order valence-corrected chi connectivity index (χ0v) is 37.1. The van der Waals surface area contributed by atoms with Gasteiger partial charge >= 0.3 is 59.1 Å². The van der Waals surface area contributed by atoms with Crippen molar-refractivity contribution in [1.29, 1.82) is 0 Å². The molecular weight excluding hydrogens is 835 g/mol. The molecule has 0 spiro atoms. The van der Waals surface area contributed by atoms with Crippen LogP contribution in [-0.2, 0) is 20.2 Å². The average molecular weight is 861 g/mol. The predicted octanol–water partition coefficient (Wildman–Crippen LogP) is 1.98. The van der Waals surface area contributed by atoms with E-state index in [4.69, 9.17) is 0 Å². The summed E-state index contributed by atoms with van der Waals surface area (Å²) in [7, 11) is -9.87. The monoisotopic (exact) mass is 860 g/mol. The minimum absolute atomic E-state index is 0. The maximum Gasteiger partial charge on any atom is 1.00 e. The Labute approximate surface area is 386 Å². The Morgan fingerprint density at radius 3 is 1.23 bits per heavy atom. The number of fused-ring (bicyclic) bond motifs is 2. The number of amides is 2. The van der Waals surface area contributed by atoms with Gasteiger partial charge < -0.3 is 20.8 Å². The Bertz CT molecular complexity index is 2880.